The second-order valence-corrected chi connectivity index (χ2v) is 4.82. The van der Waals surface area contributed by atoms with Crippen molar-refractivity contribution in [1.29, 1.82) is 0 Å². The summed E-state index contributed by atoms with van der Waals surface area (Å²) in [5.41, 5.74) is -0.676. The molecule has 0 fully saturated rings. The third-order valence-corrected chi connectivity index (χ3v) is 2.22. The quantitative estimate of drug-likeness (QED) is 0.535. The highest BCUT2D eigenvalue weighted by Crippen LogP contribution is 2.09. The van der Waals surface area contributed by atoms with Crippen molar-refractivity contribution in [2.75, 3.05) is 13.1 Å². The van der Waals surface area contributed by atoms with E-state index in [1.54, 1.807) is 13.8 Å². The minimum absolute atomic E-state index is 0.243. The van der Waals surface area contributed by atoms with Crippen molar-refractivity contribution >= 4 is 5.97 Å². The zero-order valence-electron chi connectivity index (χ0n) is 9.92. The lowest BCUT2D eigenvalue weighted by Gasteiger charge is -2.18. The van der Waals surface area contributed by atoms with Crippen LogP contribution in [0.4, 0.5) is 0 Å². The van der Waals surface area contributed by atoms with Crippen LogP contribution < -0.4 is 5.32 Å². The molecule has 4 nitrogen and oxygen atoms in total. The van der Waals surface area contributed by atoms with E-state index >= 15 is 0 Å². The molecule has 15 heavy (non-hydrogen) atoms. The smallest absolute Gasteiger partial charge is 0.303 e. The van der Waals surface area contributed by atoms with E-state index < -0.39 is 11.6 Å². The highest BCUT2D eigenvalue weighted by molar-refractivity contribution is 5.66. The van der Waals surface area contributed by atoms with Crippen LogP contribution in [0.1, 0.15) is 40.0 Å². The number of carboxylic acids is 1. The number of nitrogens with one attached hydrogen (secondary N) is 1. The van der Waals surface area contributed by atoms with Crippen molar-refractivity contribution < 1.29 is 15.0 Å². The van der Waals surface area contributed by atoms with Crippen molar-refractivity contribution in [2.45, 2.75) is 45.6 Å². The van der Waals surface area contributed by atoms with Crippen LogP contribution in [0.15, 0.2) is 0 Å². The summed E-state index contributed by atoms with van der Waals surface area (Å²) in [5, 5.41) is 21.1. The number of rotatable bonds is 8. The van der Waals surface area contributed by atoms with Gasteiger partial charge in [-0.05, 0) is 39.2 Å². The van der Waals surface area contributed by atoms with Gasteiger partial charge in [-0.2, -0.15) is 0 Å². The second-order valence-electron chi connectivity index (χ2n) is 4.82. The number of carbonyl (C=O) groups is 1. The number of hydrogen-bond acceptors (Lipinski definition) is 3. The van der Waals surface area contributed by atoms with Crippen molar-refractivity contribution in [2.24, 2.45) is 5.92 Å². The summed E-state index contributed by atoms with van der Waals surface area (Å²) >= 11 is 0. The molecule has 1 atom stereocenters. The fourth-order valence-corrected chi connectivity index (χ4v) is 1.26. The van der Waals surface area contributed by atoms with E-state index in [0.29, 0.717) is 12.5 Å². The monoisotopic (exact) mass is 217 g/mol. The molecule has 0 spiro atoms. The van der Waals surface area contributed by atoms with Crippen molar-refractivity contribution in [3.63, 3.8) is 0 Å². The van der Waals surface area contributed by atoms with Crippen LogP contribution >= 0.6 is 0 Å². The normalized spacial score (nSPS) is 13.9. The molecule has 0 aliphatic rings. The molecule has 0 saturated heterocycles. The number of aliphatic hydroxyl groups is 1. The molecule has 1 unspecified atom stereocenters. The largest absolute Gasteiger partial charge is 0.481 e. The molecule has 0 aromatic rings. The molecular formula is C11H23NO3. The molecule has 0 rings (SSSR count). The second kappa shape index (κ2) is 6.80. The summed E-state index contributed by atoms with van der Waals surface area (Å²) in [5.74, 6) is -0.318. The Bertz CT molecular complexity index is 187. The SMILES string of the molecule is CC(CCNCC(C)(C)O)CCC(=O)O. The van der Waals surface area contributed by atoms with Gasteiger partial charge in [0.15, 0.2) is 0 Å². The van der Waals surface area contributed by atoms with Gasteiger partial charge in [0, 0.05) is 13.0 Å². The summed E-state index contributed by atoms with van der Waals surface area (Å²) in [6, 6.07) is 0. The van der Waals surface area contributed by atoms with Crippen LogP contribution in [-0.2, 0) is 4.79 Å². The van der Waals surface area contributed by atoms with Crippen LogP contribution in [0.3, 0.4) is 0 Å². The molecule has 0 aromatic carbocycles. The Kier molecular flexibility index (Phi) is 6.52. The highest BCUT2D eigenvalue weighted by Gasteiger charge is 2.11. The summed E-state index contributed by atoms with van der Waals surface area (Å²) < 4.78 is 0. The predicted molar refractivity (Wildman–Crippen MR) is 59.8 cm³/mol. The van der Waals surface area contributed by atoms with Gasteiger partial charge in [0.1, 0.15) is 0 Å². The lowest BCUT2D eigenvalue weighted by Crippen LogP contribution is -2.35. The van der Waals surface area contributed by atoms with Gasteiger partial charge in [-0.15, -0.1) is 0 Å². The van der Waals surface area contributed by atoms with E-state index in [9.17, 15) is 9.90 Å². The molecule has 0 amide bonds. The Morgan fingerprint density at radius 3 is 2.47 bits per heavy atom. The van der Waals surface area contributed by atoms with Gasteiger partial charge in [0.2, 0.25) is 0 Å². The minimum atomic E-state index is -0.730. The minimum Gasteiger partial charge on any atom is -0.481 e. The first-order valence-electron chi connectivity index (χ1n) is 5.46. The molecule has 0 aliphatic heterocycles. The molecule has 90 valence electrons. The van der Waals surface area contributed by atoms with Gasteiger partial charge in [0.25, 0.3) is 0 Å². The summed E-state index contributed by atoms with van der Waals surface area (Å²) in [6.45, 7) is 6.96. The lowest BCUT2D eigenvalue weighted by molar-refractivity contribution is -0.137. The predicted octanol–water partition coefficient (Wildman–Crippen LogP) is 1.24. The molecule has 0 bridgehead atoms. The van der Waals surface area contributed by atoms with Crippen molar-refractivity contribution in [1.82, 2.24) is 5.32 Å². The maximum absolute atomic E-state index is 10.3. The van der Waals surface area contributed by atoms with Crippen LogP contribution in [-0.4, -0.2) is 34.9 Å². The van der Waals surface area contributed by atoms with Crippen LogP contribution in [0.5, 0.6) is 0 Å². The first kappa shape index (κ1) is 14.4. The van der Waals surface area contributed by atoms with E-state index in [-0.39, 0.29) is 6.42 Å². The summed E-state index contributed by atoms with van der Waals surface area (Å²) in [7, 11) is 0. The number of carboxylic acid groups (broad SMARTS) is 1. The maximum atomic E-state index is 10.3. The molecule has 0 heterocycles. The zero-order chi connectivity index (χ0) is 11.9. The fourth-order valence-electron chi connectivity index (χ4n) is 1.26. The lowest BCUT2D eigenvalue weighted by atomic mass is 10.0. The third-order valence-electron chi connectivity index (χ3n) is 2.22. The van der Waals surface area contributed by atoms with Crippen molar-refractivity contribution in [3.8, 4) is 0 Å². The van der Waals surface area contributed by atoms with Crippen LogP contribution in [0.25, 0.3) is 0 Å². The molecule has 0 saturated carbocycles. The van der Waals surface area contributed by atoms with Gasteiger partial charge in [0.05, 0.1) is 5.60 Å². The molecule has 0 radical (unpaired) electrons. The Labute approximate surface area is 91.7 Å². The summed E-state index contributed by atoms with van der Waals surface area (Å²) in [4.78, 5) is 10.3. The first-order valence-corrected chi connectivity index (χ1v) is 5.46. The highest BCUT2D eigenvalue weighted by atomic mass is 16.4. The maximum Gasteiger partial charge on any atom is 0.303 e. The number of aliphatic carboxylic acids is 1. The molecule has 0 aromatic heterocycles. The third kappa shape index (κ3) is 11.3. The Morgan fingerprint density at radius 1 is 1.40 bits per heavy atom. The van der Waals surface area contributed by atoms with Gasteiger partial charge < -0.3 is 15.5 Å². The Hall–Kier alpha value is -0.610. The zero-order valence-corrected chi connectivity index (χ0v) is 9.92. The van der Waals surface area contributed by atoms with Gasteiger partial charge in [-0.1, -0.05) is 6.92 Å². The molecule has 4 heteroatoms. The molecular weight excluding hydrogens is 194 g/mol. The summed E-state index contributed by atoms with van der Waals surface area (Å²) in [6.07, 6.45) is 1.91. The van der Waals surface area contributed by atoms with E-state index in [1.807, 2.05) is 0 Å². The standard InChI is InChI=1S/C11H23NO3/c1-9(4-5-10(13)14)6-7-12-8-11(2,3)15/h9,12,15H,4-8H2,1-3H3,(H,13,14). The first-order chi connectivity index (χ1) is 6.81. The van der Waals surface area contributed by atoms with Gasteiger partial charge in [-0.25, -0.2) is 0 Å². The Morgan fingerprint density at radius 2 is 2.00 bits per heavy atom. The Balaban J connectivity index is 3.39. The molecule has 0 aliphatic carbocycles. The van der Waals surface area contributed by atoms with E-state index in [2.05, 4.69) is 12.2 Å². The average Bonchev–Trinajstić information content (AvgIpc) is 2.07. The van der Waals surface area contributed by atoms with Gasteiger partial charge >= 0.3 is 5.97 Å². The average molecular weight is 217 g/mol. The fraction of sp³-hybridized carbons (Fsp3) is 0.909. The van der Waals surface area contributed by atoms with E-state index in [0.717, 1.165) is 19.4 Å². The van der Waals surface area contributed by atoms with E-state index in [4.69, 9.17) is 5.11 Å². The van der Waals surface area contributed by atoms with Crippen molar-refractivity contribution in [3.05, 3.63) is 0 Å². The topological polar surface area (TPSA) is 69.6 Å². The van der Waals surface area contributed by atoms with E-state index in [1.165, 1.54) is 0 Å². The number of hydrogen-bond donors (Lipinski definition) is 3. The van der Waals surface area contributed by atoms with Crippen LogP contribution in [0.2, 0.25) is 0 Å². The molecule has 3 N–H and O–H groups in total. The van der Waals surface area contributed by atoms with Crippen LogP contribution in [0, 0.1) is 5.92 Å². The van der Waals surface area contributed by atoms with Gasteiger partial charge in [-0.3, -0.25) is 4.79 Å².